The second kappa shape index (κ2) is 5.77. The molecule has 2 N–H and O–H groups in total. The Morgan fingerprint density at radius 2 is 2.10 bits per heavy atom. The van der Waals surface area contributed by atoms with Crippen LogP contribution >= 0.6 is 0 Å². The fraction of sp³-hybridized carbons (Fsp3) is 0.667. The topological polar surface area (TPSA) is 35.2 Å². The molecule has 1 aromatic rings. The molecule has 2 heteroatoms. The normalized spacial score (nSPS) is 33.3. The predicted octanol–water partition coefficient (Wildman–Crippen LogP) is 4.59. The van der Waals surface area contributed by atoms with Gasteiger partial charge in [0.15, 0.2) is 0 Å². The van der Waals surface area contributed by atoms with E-state index < -0.39 is 0 Å². The van der Waals surface area contributed by atoms with Gasteiger partial charge in [0, 0.05) is 18.0 Å². The van der Waals surface area contributed by atoms with Crippen molar-refractivity contribution in [3.8, 4) is 5.75 Å². The highest BCUT2D eigenvalue weighted by atomic mass is 16.5. The molecular weight excluding hydrogens is 246 g/mol. The summed E-state index contributed by atoms with van der Waals surface area (Å²) in [6.45, 7) is 2.30. The van der Waals surface area contributed by atoms with Crippen molar-refractivity contribution in [2.24, 2.45) is 11.7 Å². The van der Waals surface area contributed by atoms with Crippen LogP contribution in [-0.2, 0) is 0 Å². The van der Waals surface area contributed by atoms with Crippen molar-refractivity contribution in [2.45, 2.75) is 69.9 Å². The minimum absolute atomic E-state index is 0.0102. The molecule has 2 unspecified atom stereocenters. The van der Waals surface area contributed by atoms with Gasteiger partial charge in [0.2, 0.25) is 0 Å². The molecule has 2 nitrogen and oxygen atoms in total. The maximum Gasteiger partial charge on any atom is 0.124 e. The molecule has 0 radical (unpaired) electrons. The molecule has 110 valence electrons. The van der Waals surface area contributed by atoms with Crippen molar-refractivity contribution in [1.82, 2.24) is 0 Å². The first-order chi connectivity index (χ1) is 9.72. The smallest absolute Gasteiger partial charge is 0.124 e. The van der Waals surface area contributed by atoms with Crippen LogP contribution in [0, 0.1) is 5.92 Å². The SMILES string of the molecule is CCCC1CCCC2(CC1)C[C@@H](N)c1ccccc1O2. The molecule has 1 aromatic carbocycles. The van der Waals surface area contributed by atoms with Crippen molar-refractivity contribution >= 4 is 0 Å². The molecule has 0 bridgehead atoms. The standard InChI is InChI=1S/C18H27NO/c1-2-6-14-7-5-11-18(12-10-14)13-16(19)15-8-3-4-9-17(15)20-18/h3-4,8-9,14,16H,2,5-7,10-13,19H2,1H3/t14?,16-,18?/m1/s1. The Morgan fingerprint density at radius 3 is 2.95 bits per heavy atom. The zero-order valence-corrected chi connectivity index (χ0v) is 12.6. The van der Waals surface area contributed by atoms with Crippen LogP contribution in [0.4, 0.5) is 0 Å². The molecule has 0 aromatic heterocycles. The Kier molecular flexibility index (Phi) is 4.02. The number of para-hydroxylation sites is 1. The largest absolute Gasteiger partial charge is 0.487 e. The van der Waals surface area contributed by atoms with E-state index in [0.29, 0.717) is 0 Å². The summed E-state index contributed by atoms with van der Waals surface area (Å²) < 4.78 is 6.46. The minimum Gasteiger partial charge on any atom is -0.487 e. The first-order valence-electron chi connectivity index (χ1n) is 8.26. The second-order valence-electron chi connectivity index (χ2n) is 6.72. The van der Waals surface area contributed by atoms with Crippen molar-refractivity contribution in [1.29, 1.82) is 0 Å². The number of nitrogens with two attached hydrogens (primary N) is 1. The summed E-state index contributed by atoms with van der Waals surface area (Å²) in [4.78, 5) is 0. The summed E-state index contributed by atoms with van der Waals surface area (Å²) in [5.74, 6) is 1.93. The van der Waals surface area contributed by atoms with Crippen LogP contribution in [0.15, 0.2) is 24.3 Å². The van der Waals surface area contributed by atoms with E-state index in [-0.39, 0.29) is 11.6 Å². The number of hydrogen-bond acceptors (Lipinski definition) is 2. The molecule has 1 heterocycles. The minimum atomic E-state index is 0.0102. The average Bonchev–Trinajstić information content (AvgIpc) is 2.63. The Balaban J connectivity index is 1.77. The first kappa shape index (κ1) is 13.9. The summed E-state index contributed by atoms with van der Waals surface area (Å²) in [6, 6.07) is 8.46. The third-order valence-corrected chi connectivity index (χ3v) is 5.19. The van der Waals surface area contributed by atoms with Gasteiger partial charge in [0.1, 0.15) is 11.4 Å². The van der Waals surface area contributed by atoms with Crippen LogP contribution < -0.4 is 10.5 Å². The van der Waals surface area contributed by atoms with E-state index >= 15 is 0 Å². The summed E-state index contributed by atoms with van der Waals surface area (Å²) >= 11 is 0. The van der Waals surface area contributed by atoms with Gasteiger partial charge in [0.05, 0.1) is 0 Å². The summed E-state index contributed by atoms with van der Waals surface area (Å²) in [5, 5.41) is 0. The lowest BCUT2D eigenvalue weighted by molar-refractivity contribution is 0.0203. The summed E-state index contributed by atoms with van der Waals surface area (Å²) in [5.41, 5.74) is 7.61. The van der Waals surface area contributed by atoms with Crippen molar-refractivity contribution in [2.75, 3.05) is 0 Å². The quantitative estimate of drug-likeness (QED) is 0.855. The number of fused-ring (bicyclic) bond motifs is 1. The molecular formula is C18H27NO. The van der Waals surface area contributed by atoms with Crippen LogP contribution in [-0.4, -0.2) is 5.60 Å². The van der Waals surface area contributed by atoms with Gasteiger partial charge in [-0.2, -0.15) is 0 Å². The Labute approximate surface area is 122 Å². The second-order valence-corrected chi connectivity index (χ2v) is 6.72. The molecule has 20 heavy (non-hydrogen) atoms. The van der Waals surface area contributed by atoms with Crippen LogP contribution in [0.3, 0.4) is 0 Å². The lowest BCUT2D eigenvalue weighted by Crippen LogP contribution is -2.42. The Morgan fingerprint density at radius 1 is 1.25 bits per heavy atom. The van der Waals surface area contributed by atoms with Gasteiger partial charge in [-0.05, 0) is 37.7 Å². The molecule has 1 saturated carbocycles. The fourth-order valence-corrected chi connectivity index (χ4v) is 4.12. The maximum atomic E-state index is 6.46. The molecule has 3 atom stereocenters. The van der Waals surface area contributed by atoms with Crippen LogP contribution in [0.2, 0.25) is 0 Å². The van der Waals surface area contributed by atoms with Gasteiger partial charge in [-0.3, -0.25) is 0 Å². The van der Waals surface area contributed by atoms with Crippen LogP contribution in [0.1, 0.15) is 69.9 Å². The molecule has 1 aliphatic heterocycles. The van der Waals surface area contributed by atoms with Gasteiger partial charge in [-0.1, -0.05) is 44.4 Å². The van der Waals surface area contributed by atoms with E-state index in [4.69, 9.17) is 10.5 Å². The molecule has 1 fully saturated rings. The molecule has 0 saturated heterocycles. The van der Waals surface area contributed by atoms with Crippen LogP contribution in [0.5, 0.6) is 5.75 Å². The van der Waals surface area contributed by atoms with Crippen LogP contribution in [0.25, 0.3) is 0 Å². The van der Waals surface area contributed by atoms with Gasteiger partial charge < -0.3 is 10.5 Å². The molecule has 2 aliphatic rings. The van der Waals surface area contributed by atoms with E-state index in [9.17, 15) is 0 Å². The van der Waals surface area contributed by atoms with E-state index in [1.54, 1.807) is 0 Å². The molecule has 1 spiro atoms. The number of rotatable bonds is 2. The van der Waals surface area contributed by atoms with E-state index in [2.05, 4.69) is 31.2 Å². The monoisotopic (exact) mass is 273 g/mol. The zero-order valence-electron chi connectivity index (χ0n) is 12.6. The third kappa shape index (κ3) is 2.71. The van der Waals surface area contributed by atoms with Gasteiger partial charge in [0.25, 0.3) is 0 Å². The number of ether oxygens (including phenoxy) is 1. The molecule has 0 amide bonds. The third-order valence-electron chi connectivity index (χ3n) is 5.19. The van der Waals surface area contributed by atoms with Gasteiger partial charge in [-0.25, -0.2) is 0 Å². The summed E-state index contributed by atoms with van der Waals surface area (Å²) in [6.07, 6.45) is 10.00. The number of hydrogen-bond donors (Lipinski definition) is 1. The average molecular weight is 273 g/mol. The summed E-state index contributed by atoms with van der Waals surface area (Å²) in [7, 11) is 0. The highest BCUT2D eigenvalue weighted by molar-refractivity contribution is 5.38. The highest BCUT2D eigenvalue weighted by Crippen LogP contribution is 2.45. The lowest BCUT2D eigenvalue weighted by Gasteiger charge is -2.41. The van der Waals surface area contributed by atoms with E-state index in [1.165, 1.54) is 50.5 Å². The Hall–Kier alpha value is -1.02. The number of benzene rings is 1. The Bertz CT molecular complexity index is 458. The van der Waals surface area contributed by atoms with Crippen molar-refractivity contribution in [3.63, 3.8) is 0 Å². The zero-order chi connectivity index (χ0) is 14.0. The van der Waals surface area contributed by atoms with Crippen molar-refractivity contribution < 1.29 is 4.74 Å². The first-order valence-corrected chi connectivity index (χ1v) is 8.26. The van der Waals surface area contributed by atoms with E-state index in [1.807, 2.05) is 0 Å². The predicted molar refractivity (Wildman–Crippen MR) is 82.8 cm³/mol. The van der Waals surface area contributed by atoms with Gasteiger partial charge in [-0.15, -0.1) is 0 Å². The highest BCUT2D eigenvalue weighted by Gasteiger charge is 2.40. The van der Waals surface area contributed by atoms with Crippen molar-refractivity contribution in [3.05, 3.63) is 29.8 Å². The van der Waals surface area contributed by atoms with Gasteiger partial charge >= 0.3 is 0 Å². The maximum absolute atomic E-state index is 6.46. The van der Waals surface area contributed by atoms with E-state index in [0.717, 1.165) is 18.1 Å². The lowest BCUT2D eigenvalue weighted by atomic mass is 9.82. The fourth-order valence-electron chi connectivity index (χ4n) is 4.12. The molecule has 1 aliphatic carbocycles. The molecule has 3 rings (SSSR count).